The van der Waals surface area contributed by atoms with Crippen LogP contribution in [-0.4, -0.2) is 35.6 Å². The molecule has 2 heterocycles. The van der Waals surface area contributed by atoms with Crippen LogP contribution < -0.4 is 20.7 Å². The predicted molar refractivity (Wildman–Crippen MR) is 164 cm³/mol. The van der Waals surface area contributed by atoms with E-state index in [1.165, 1.54) is 29.7 Å². The van der Waals surface area contributed by atoms with Crippen LogP contribution in [0.5, 0.6) is 0 Å². The molecule has 1 aromatic heterocycles. The standard InChI is InChI=1S/C33H36FN5O2/c1-33(2,3)23-13-11-22(12-14-23)31(40)36-27-10-8-9-26(29(27)34)28-21-37(4)32(41)30(35-28)38(5)24-15-17-25(18-16-24)39-19-6-7-20-39/h8-18,21H,6-7,19-20H2,1-5H3,(H,36,40). The summed E-state index contributed by atoms with van der Waals surface area (Å²) in [5.41, 5.74) is 3.65. The zero-order valence-electron chi connectivity index (χ0n) is 24.2. The second kappa shape index (κ2) is 11.2. The van der Waals surface area contributed by atoms with Gasteiger partial charge in [-0.05, 0) is 72.4 Å². The Morgan fingerprint density at radius 2 is 1.63 bits per heavy atom. The number of carbonyl (C=O) groups excluding carboxylic acids is 1. The fourth-order valence-corrected chi connectivity index (χ4v) is 5.07. The van der Waals surface area contributed by atoms with Gasteiger partial charge in [-0.3, -0.25) is 9.59 Å². The molecule has 8 heteroatoms. The topological polar surface area (TPSA) is 70.5 Å². The van der Waals surface area contributed by atoms with Crippen LogP contribution in [0.3, 0.4) is 0 Å². The predicted octanol–water partition coefficient (Wildman–Crippen LogP) is 6.50. The number of nitrogens with one attached hydrogen (secondary N) is 1. The first-order valence-corrected chi connectivity index (χ1v) is 13.9. The highest BCUT2D eigenvalue weighted by atomic mass is 19.1. The van der Waals surface area contributed by atoms with Gasteiger partial charge in [0, 0.05) is 55.9 Å². The van der Waals surface area contributed by atoms with Crippen LogP contribution in [-0.2, 0) is 12.5 Å². The highest BCUT2D eigenvalue weighted by molar-refractivity contribution is 6.04. The molecule has 1 amide bonds. The fraction of sp³-hybridized carbons (Fsp3) is 0.303. The zero-order valence-corrected chi connectivity index (χ0v) is 24.2. The van der Waals surface area contributed by atoms with E-state index in [0.717, 1.165) is 30.0 Å². The van der Waals surface area contributed by atoms with Crippen molar-refractivity contribution in [2.45, 2.75) is 39.0 Å². The summed E-state index contributed by atoms with van der Waals surface area (Å²) in [6.45, 7) is 8.40. The summed E-state index contributed by atoms with van der Waals surface area (Å²) in [4.78, 5) is 34.7. The van der Waals surface area contributed by atoms with Crippen LogP contribution in [0.2, 0.25) is 0 Å². The average molecular weight is 554 g/mol. The van der Waals surface area contributed by atoms with Gasteiger partial charge in [0.05, 0.1) is 11.4 Å². The molecule has 0 atom stereocenters. The van der Waals surface area contributed by atoms with Crippen molar-refractivity contribution in [3.05, 3.63) is 100 Å². The van der Waals surface area contributed by atoms with Crippen LogP contribution in [0, 0.1) is 5.82 Å². The molecular formula is C33H36FN5O2. The van der Waals surface area contributed by atoms with E-state index in [2.05, 4.69) is 36.0 Å². The second-order valence-electron chi connectivity index (χ2n) is 11.6. The summed E-state index contributed by atoms with van der Waals surface area (Å²) in [7, 11) is 3.39. The summed E-state index contributed by atoms with van der Waals surface area (Å²) in [6, 6.07) is 20.1. The lowest BCUT2D eigenvalue weighted by atomic mass is 9.87. The van der Waals surface area contributed by atoms with Crippen LogP contribution in [0.4, 0.5) is 27.3 Å². The molecule has 5 rings (SSSR count). The first-order valence-electron chi connectivity index (χ1n) is 13.9. The van der Waals surface area contributed by atoms with E-state index in [1.54, 1.807) is 43.3 Å². The van der Waals surface area contributed by atoms with E-state index in [9.17, 15) is 9.59 Å². The Hall–Kier alpha value is -4.46. The van der Waals surface area contributed by atoms with Crippen molar-refractivity contribution in [1.29, 1.82) is 0 Å². The van der Waals surface area contributed by atoms with Gasteiger partial charge in [0.2, 0.25) is 0 Å². The van der Waals surface area contributed by atoms with Crippen molar-refractivity contribution in [3.8, 4) is 11.3 Å². The van der Waals surface area contributed by atoms with Crippen LogP contribution in [0.1, 0.15) is 49.5 Å². The van der Waals surface area contributed by atoms with Gasteiger partial charge in [-0.1, -0.05) is 39.0 Å². The van der Waals surface area contributed by atoms with Crippen LogP contribution in [0.15, 0.2) is 77.7 Å². The van der Waals surface area contributed by atoms with Crippen molar-refractivity contribution in [2.24, 2.45) is 7.05 Å². The van der Waals surface area contributed by atoms with Crippen molar-refractivity contribution < 1.29 is 9.18 Å². The maximum Gasteiger partial charge on any atom is 0.293 e. The third-order valence-electron chi connectivity index (χ3n) is 7.62. The number of carbonyl (C=O) groups is 1. The van der Waals surface area contributed by atoms with Crippen LogP contribution >= 0.6 is 0 Å². The van der Waals surface area contributed by atoms with Crippen molar-refractivity contribution >= 4 is 28.8 Å². The Morgan fingerprint density at radius 3 is 2.27 bits per heavy atom. The van der Waals surface area contributed by atoms with Gasteiger partial charge in [0.1, 0.15) is 0 Å². The molecule has 1 fully saturated rings. The summed E-state index contributed by atoms with van der Waals surface area (Å²) in [6.07, 6.45) is 3.90. The SMILES string of the molecule is CN(c1ccc(N2CCCC2)cc1)c1nc(-c2cccc(NC(=O)c3ccc(C(C)(C)C)cc3)c2F)cn(C)c1=O. The molecule has 0 radical (unpaired) electrons. The Bertz CT molecular complexity index is 1620. The van der Waals surface area contributed by atoms with Gasteiger partial charge in [0.15, 0.2) is 11.6 Å². The number of hydrogen-bond donors (Lipinski definition) is 1. The Kier molecular flexibility index (Phi) is 7.67. The molecule has 0 aliphatic carbocycles. The quantitative estimate of drug-likeness (QED) is 0.295. The molecule has 0 unspecified atom stereocenters. The third kappa shape index (κ3) is 5.87. The van der Waals surface area contributed by atoms with E-state index in [4.69, 9.17) is 0 Å². The zero-order chi connectivity index (χ0) is 29.3. The number of aryl methyl sites for hydroxylation is 1. The number of aromatic nitrogens is 2. The minimum atomic E-state index is -0.623. The van der Waals surface area contributed by atoms with Crippen molar-refractivity contribution in [2.75, 3.05) is 35.3 Å². The van der Waals surface area contributed by atoms with E-state index >= 15 is 4.39 Å². The van der Waals surface area contributed by atoms with E-state index < -0.39 is 11.7 Å². The highest BCUT2D eigenvalue weighted by Crippen LogP contribution is 2.30. The summed E-state index contributed by atoms with van der Waals surface area (Å²) in [5.74, 6) is -0.860. The maximum absolute atomic E-state index is 15.8. The monoisotopic (exact) mass is 553 g/mol. The first-order chi connectivity index (χ1) is 19.5. The van der Waals surface area contributed by atoms with Crippen LogP contribution in [0.25, 0.3) is 11.3 Å². The number of rotatable bonds is 6. The molecular weight excluding hydrogens is 517 g/mol. The molecule has 4 aromatic rings. The smallest absolute Gasteiger partial charge is 0.293 e. The molecule has 0 saturated carbocycles. The molecule has 1 aliphatic rings. The Morgan fingerprint density at radius 1 is 0.976 bits per heavy atom. The molecule has 1 saturated heterocycles. The molecule has 212 valence electrons. The molecule has 7 nitrogen and oxygen atoms in total. The van der Waals surface area contributed by atoms with Gasteiger partial charge < -0.3 is 19.7 Å². The largest absolute Gasteiger partial charge is 0.372 e. The molecule has 1 aliphatic heterocycles. The number of benzene rings is 3. The van der Waals surface area contributed by atoms with Gasteiger partial charge in [-0.15, -0.1) is 0 Å². The third-order valence-corrected chi connectivity index (χ3v) is 7.62. The summed E-state index contributed by atoms with van der Waals surface area (Å²) < 4.78 is 17.2. The number of halogens is 1. The molecule has 0 spiro atoms. The molecule has 1 N–H and O–H groups in total. The van der Waals surface area contributed by atoms with Crippen molar-refractivity contribution in [3.63, 3.8) is 0 Å². The van der Waals surface area contributed by atoms with Gasteiger partial charge >= 0.3 is 0 Å². The fourth-order valence-electron chi connectivity index (χ4n) is 5.07. The van der Waals surface area contributed by atoms with Gasteiger partial charge in [-0.25, -0.2) is 9.37 Å². The van der Waals surface area contributed by atoms with Gasteiger partial charge in [-0.2, -0.15) is 0 Å². The highest BCUT2D eigenvalue weighted by Gasteiger charge is 2.20. The molecule has 0 bridgehead atoms. The Labute approximate surface area is 240 Å². The average Bonchev–Trinajstić information content (AvgIpc) is 3.50. The number of anilines is 4. The van der Waals surface area contributed by atoms with E-state index in [1.807, 2.05) is 36.4 Å². The second-order valence-corrected chi connectivity index (χ2v) is 11.6. The summed E-state index contributed by atoms with van der Waals surface area (Å²) in [5, 5.41) is 2.69. The minimum absolute atomic E-state index is 0.0375. The Balaban J connectivity index is 1.41. The minimum Gasteiger partial charge on any atom is -0.372 e. The normalized spacial score (nSPS) is 13.4. The van der Waals surface area contributed by atoms with E-state index in [0.29, 0.717) is 5.56 Å². The summed E-state index contributed by atoms with van der Waals surface area (Å²) >= 11 is 0. The maximum atomic E-state index is 15.8. The molecule has 3 aromatic carbocycles. The molecule has 41 heavy (non-hydrogen) atoms. The lowest BCUT2D eigenvalue weighted by molar-refractivity contribution is 0.102. The first kappa shape index (κ1) is 28.1. The number of hydrogen-bond acceptors (Lipinski definition) is 5. The lowest BCUT2D eigenvalue weighted by Gasteiger charge is -2.22. The van der Waals surface area contributed by atoms with E-state index in [-0.39, 0.29) is 33.7 Å². The number of nitrogens with zero attached hydrogens (tertiary/aromatic N) is 4. The van der Waals surface area contributed by atoms with Gasteiger partial charge in [0.25, 0.3) is 11.5 Å². The lowest BCUT2D eigenvalue weighted by Crippen LogP contribution is -2.27. The number of amides is 1. The van der Waals surface area contributed by atoms with Crippen molar-refractivity contribution in [1.82, 2.24) is 9.55 Å².